The summed E-state index contributed by atoms with van der Waals surface area (Å²) in [6.45, 7) is 3.57. The van der Waals surface area contributed by atoms with Crippen molar-refractivity contribution in [2.24, 2.45) is 5.92 Å². The molecule has 3 amide bonds. The van der Waals surface area contributed by atoms with Crippen molar-refractivity contribution in [2.75, 3.05) is 13.2 Å². The second kappa shape index (κ2) is 7.83. The highest BCUT2D eigenvalue weighted by Crippen LogP contribution is 1.93. The van der Waals surface area contributed by atoms with Crippen molar-refractivity contribution in [2.45, 2.75) is 13.8 Å². The lowest BCUT2D eigenvalue weighted by molar-refractivity contribution is -0.123. The standard InChI is InChI=1S/C13H17N3O5/c1-8(2)6-15-13(20)16-10(17)7-21-12(19)9-4-3-5-14-11(9)18/h3-5,8H,6-7H2,1-2H3,(H,14,18)(H2,15,16,17,20). The maximum Gasteiger partial charge on any atom is 0.344 e. The van der Waals surface area contributed by atoms with E-state index in [9.17, 15) is 19.2 Å². The molecule has 0 spiro atoms. The van der Waals surface area contributed by atoms with E-state index >= 15 is 0 Å². The highest BCUT2D eigenvalue weighted by Gasteiger charge is 2.14. The number of urea groups is 1. The zero-order valence-corrected chi connectivity index (χ0v) is 11.8. The van der Waals surface area contributed by atoms with Gasteiger partial charge < -0.3 is 15.0 Å². The molecular weight excluding hydrogens is 278 g/mol. The van der Waals surface area contributed by atoms with Crippen LogP contribution in [0.1, 0.15) is 24.2 Å². The lowest BCUT2D eigenvalue weighted by atomic mass is 10.2. The van der Waals surface area contributed by atoms with Crippen molar-refractivity contribution in [3.05, 3.63) is 34.2 Å². The van der Waals surface area contributed by atoms with Gasteiger partial charge in [0.2, 0.25) is 0 Å². The summed E-state index contributed by atoms with van der Waals surface area (Å²) in [5.74, 6) is -1.47. The summed E-state index contributed by atoms with van der Waals surface area (Å²) in [5, 5.41) is 4.48. The Balaban J connectivity index is 2.40. The second-order valence-corrected chi connectivity index (χ2v) is 4.64. The lowest BCUT2D eigenvalue weighted by Gasteiger charge is -2.08. The summed E-state index contributed by atoms with van der Waals surface area (Å²) < 4.78 is 4.65. The topological polar surface area (TPSA) is 117 Å². The van der Waals surface area contributed by atoms with Crippen molar-refractivity contribution in [3.63, 3.8) is 0 Å². The predicted octanol–water partition coefficient (Wildman–Crippen LogP) is 0.0135. The van der Waals surface area contributed by atoms with Crippen LogP contribution in [0.2, 0.25) is 0 Å². The molecule has 114 valence electrons. The maximum atomic E-state index is 11.5. The Labute approximate surface area is 120 Å². The number of nitrogens with one attached hydrogen (secondary N) is 3. The summed E-state index contributed by atoms with van der Waals surface area (Å²) in [6, 6.07) is 2.06. The summed E-state index contributed by atoms with van der Waals surface area (Å²) in [4.78, 5) is 47.8. The zero-order valence-electron chi connectivity index (χ0n) is 11.8. The normalized spacial score (nSPS) is 10.0. The van der Waals surface area contributed by atoms with Crippen LogP contribution in [-0.4, -0.2) is 36.0 Å². The van der Waals surface area contributed by atoms with Gasteiger partial charge in [0.1, 0.15) is 5.56 Å². The Hall–Kier alpha value is -2.64. The first-order valence-corrected chi connectivity index (χ1v) is 6.32. The van der Waals surface area contributed by atoms with Crippen LogP contribution in [0.15, 0.2) is 23.1 Å². The van der Waals surface area contributed by atoms with E-state index in [-0.39, 0.29) is 11.5 Å². The average molecular weight is 295 g/mol. The summed E-state index contributed by atoms with van der Waals surface area (Å²) in [7, 11) is 0. The molecule has 8 nitrogen and oxygen atoms in total. The molecule has 0 aliphatic rings. The number of hydrogen-bond donors (Lipinski definition) is 3. The van der Waals surface area contributed by atoms with E-state index in [1.807, 2.05) is 19.2 Å². The van der Waals surface area contributed by atoms with Crippen LogP contribution in [0.4, 0.5) is 4.79 Å². The molecule has 0 saturated heterocycles. The van der Waals surface area contributed by atoms with E-state index in [2.05, 4.69) is 15.0 Å². The van der Waals surface area contributed by atoms with Crippen LogP contribution in [0.3, 0.4) is 0 Å². The molecule has 0 saturated carbocycles. The third-order valence-corrected chi connectivity index (χ3v) is 2.30. The number of hydrogen-bond acceptors (Lipinski definition) is 5. The molecule has 0 aliphatic heterocycles. The largest absolute Gasteiger partial charge is 0.452 e. The number of aromatic nitrogens is 1. The number of ether oxygens (including phenoxy) is 1. The quantitative estimate of drug-likeness (QED) is 0.662. The van der Waals surface area contributed by atoms with Crippen LogP contribution in [0, 0.1) is 5.92 Å². The Kier molecular flexibility index (Phi) is 6.12. The number of esters is 1. The third-order valence-electron chi connectivity index (χ3n) is 2.30. The fourth-order valence-corrected chi connectivity index (χ4v) is 1.29. The number of rotatable bonds is 5. The number of H-pyrrole nitrogens is 1. The van der Waals surface area contributed by atoms with Gasteiger partial charge in [-0.05, 0) is 18.1 Å². The first-order chi connectivity index (χ1) is 9.90. The Morgan fingerprint density at radius 2 is 2.05 bits per heavy atom. The Bertz CT molecular complexity index is 579. The first kappa shape index (κ1) is 16.4. The molecule has 0 radical (unpaired) electrons. The predicted molar refractivity (Wildman–Crippen MR) is 73.7 cm³/mol. The van der Waals surface area contributed by atoms with Crippen molar-refractivity contribution in [1.29, 1.82) is 0 Å². The zero-order chi connectivity index (χ0) is 15.8. The number of carbonyl (C=O) groups excluding carboxylic acids is 3. The van der Waals surface area contributed by atoms with Crippen LogP contribution in [0.5, 0.6) is 0 Å². The summed E-state index contributed by atoms with van der Waals surface area (Å²) >= 11 is 0. The lowest BCUT2D eigenvalue weighted by Crippen LogP contribution is -2.42. The molecule has 21 heavy (non-hydrogen) atoms. The van der Waals surface area contributed by atoms with E-state index in [0.29, 0.717) is 6.54 Å². The smallest absolute Gasteiger partial charge is 0.344 e. The van der Waals surface area contributed by atoms with Gasteiger partial charge in [-0.2, -0.15) is 0 Å². The average Bonchev–Trinajstić information content (AvgIpc) is 2.43. The number of amides is 3. The molecule has 1 aromatic rings. The van der Waals surface area contributed by atoms with E-state index < -0.39 is 30.1 Å². The number of aromatic amines is 1. The Morgan fingerprint density at radius 3 is 2.67 bits per heavy atom. The van der Waals surface area contributed by atoms with E-state index in [1.54, 1.807) is 0 Å². The number of imide groups is 1. The van der Waals surface area contributed by atoms with Crippen molar-refractivity contribution >= 4 is 17.9 Å². The van der Waals surface area contributed by atoms with Crippen LogP contribution in [0.25, 0.3) is 0 Å². The number of carbonyl (C=O) groups is 3. The first-order valence-electron chi connectivity index (χ1n) is 6.32. The molecule has 8 heteroatoms. The molecule has 0 unspecified atom stereocenters. The fraction of sp³-hybridized carbons (Fsp3) is 0.385. The molecule has 0 aromatic carbocycles. The minimum absolute atomic E-state index is 0.213. The molecule has 1 heterocycles. The molecule has 1 aromatic heterocycles. The minimum atomic E-state index is -0.936. The van der Waals surface area contributed by atoms with Gasteiger partial charge in [0.05, 0.1) is 0 Å². The van der Waals surface area contributed by atoms with Crippen LogP contribution >= 0.6 is 0 Å². The Morgan fingerprint density at radius 1 is 1.33 bits per heavy atom. The molecular formula is C13H17N3O5. The highest BCUT2D eigenvalue weighted by molar-refractivity contribution is 5.96. The molecule has 0 aliphatic carbocycles. The summed E-state index contributed by atoms with van der Waals surface area (Å²) in [5.41, 5.74) is -0.827. The molecule has 1 rings (SSSR count). The van der Waals surface area contributed by atoms with Gasteiger partial charge in [-0.1, -0.05) is 13.8 Å². The highest BCUT2D eigenvalue weighted by atomic mass is 16.5. The van der Waals surface area contributed by atoms with E-state index in [1.165, 1.54) is 18.3 Å². The van der Waals surface area contributed by atoms with Gasteiger partial charge in [0.15, 0.2) is 6.61 Å². The maximum absolute atomic E-state index is 11.5. The fourth-order valence-electron chi connectivity index (χ4n) is 1.29. The molecule has 0 atom stereocenters. The molecule has 3 N–H and O–H groups in total. The molecule has 0 bridgehead atoms. The van der Waals surface area contributed by atoms with Gasteiger partial charge in [-0.25, -0.2) is 9.59 Å². The van der Waals surface area contributed by atoms with Crippen LogP contribution in [-0.2, 0) is 9.53 Å². The SMILES string of the molecule is CC(C)CNC(=O)NC(=O)COC(=O)c1ccc[nH]c1=O. The van der Waals surface area contributed by atoms with Gasteiger partial charge in [0.25, 0.3) is 11.5 Å². The second-order valence-electron chi connectivity index (χ2n) is 4.64. The van der Waals surface area contributed by atoms with Crippen molar-refractivity contribution < 1.29 is 19.1 Å². The van der Waals surface area contributed by atoms with Crippen molar-refractivity contribution in [3.8, 4) is 0 Å². The monoisotopic (exact) mass is 295 g/mol. The van der Waals surface area contributed by atoms with E-state index in [4.69, 9.17) is 0 Å². The van der Waals surface area contributed by atoms with Gasteiger partial charge in [-0.3, -0.25) is 14.9 Å². The van der Waals surface area contributed by atoms with Crippen molar-refractivity contribution in [1.82, 2.24) is 15.6 Å². The summed E-state index contributed by atoms with van der Waals surface area (Å²) in [6.07, 6.45) is 1.37. The molecule has 0 fully saturated rings. The third kappa shape index (κ3) is 5.89. The van der Waals surface area contributed by atoms with E-state index in [0.717, 1.165) is 0 Å². The minimum Gasteiger partial charge on any atom is -0.452 e. The van der Waals surface area contributed by atoms with Crippen LogP contribution < -0.4 is 16.2 Å². The van der Waals surface area contributed by atoms with Gasteiger partial charge in [0, 0.05) is 12.7 Å². The number of pyridine rings is 1. The van der Waals surface area contributed by atoms with Gasteiger partial charge >= 0.3 is 12.0 Å². The van der Waals surface area contributed by atoms with Gasteiger partial charge in [-0.15, -0.1) is 0 Å².